The third-order valence-electron chi connectivity index (χ3n) is 3.78. The molecule has 1 N–H and O–H groups in total. The molecule has 0 aliphatic heterocycles. The van der Waals surface area contributed by atoms with Crippen molar-refractivity contribution < 1.29 is 23.5 Å². The number of aryl methyl sites for hydroxylation is 1. The van der Waals surface area contributed by atoms with Gasteiger partial charge in [0.1, 0.15) is 0 Å². The number of anilines is 1. The second-order valence-corrected chi connectivity index (χ2v) is 5.53. The number of ether oxygens (including phenoxy) is 2. The van der Waals surface area contributed by atoms with E-state index in [1.807, 2.05) is 13.8 Å². The molecule has 2 aromatic rings. The van der Waals surface area contributed by atoms with Crippen molar-refractivity contribution >= 4 is 17.6 Å². The zero-order valence-corrected chi connectivity index (χ0v) is 14.4. The third-order valence-corrected chi connectivity index (χ3v) is 3.78. The average molecular weight is 345 g/mol. The topological polar surface area (TPSA) is 64.6 Å². The second kappa shape index (κ2) is 8.28. The first-order valence-corrected chi connectivity index (χ1v) is 7.79. The molecule has 0 unspecified atom stereocenters. The molecule has 0 aliphatic carbocycles. The fourth-order valence-corrected chi connectivity index (χ4v) is 2.29. The number of para-hydroxylation sites is 1. The molecule has 2 rings (SSSR count). The average Bonchev–Trinajstić information content (AvgIpc) is 2.59. The molecule has 2 aromatic carbocycles. The van der Waals surface area contributed by atoms with Crippen molar-refractivity contribution in [2.45, 2.75) is 20.3 Å². The lowest BCUT2D eigenvalue weighted by Gasteiger charge is -2.12. The molecule has 0 fully saturated rings. The minimum Gasteiger partial charge on any atom is -0.490 e. The SMILES string of the molecule is COC(=O)c1cc(NC(=O)CCOc2ccccc2F)cc(C)c1C. The summed E-state index contributed by atoms with van der Waals surface area (Å²) in [5.74, 6) is -1.12. The van der Waals surface area contributed by atoms with Gasteiger partial charge in [0, 0.05) is 5.69 Å². The molecule has 1 amide bonds. The molecular weight excluding hydrogens is 325 g/mol. The molecule has 0 bridgehead atoms. The predicted molar refractivity (Wildman–Crippen MR) is 92.4 cm³/mol. The third kappa shape index (κ3) is 4.79. The van der Waals surface area contributed by atoms with E-state index in [4.69, 9.17) is 9.47 Å². The maximum absolute atomic E-state index is 13.4. The molecule has 0 atom stereocenters. The molecule has 0 saturated heterocycles. The van der Waals surface area contributed by atoms with Gasteiger partial charge in [-0.25, -0.2) is 9.18 Å². The molecular formula is C19H20FNO4. The van der Waals surface area contributed by atoms with E-state index in [0.717, 1.165) is 11.1 Å². The summed E-state index contributed by atoms with van der Waals surface area (Å²) in [6.07, 6.45) is 0.0504. The van der Waals surface area contributed by atoms with Gasteiger partial charge >= 0.3 is 5.97 Å². The van der Waals surface area contributed by atoms with Crippen molar-refractivity contribution in [3.63, 3.8) is 0 Å². The first-order valence-electron chi connectivity index (χ1n) is 7.79. The molecule has 25 heavy (non-hydrogen) atoms. The van der Waals surface area contributed by atoms with Gasteiger partial charge in [-0.1, -0.05) is 12.1 Å². The number of halogens is 1. The van der Waals surface area contributed by atoms with Gasteiger partial charge < -0.3 is 14.8 Å². The number of carbonyl (C=O) groups is 2. The molecule has 6 heteroatoms. The fourth-order valence-electron chi connectivity index (χ4n) is 2.29. The van der Waals surface area contributed by atoms with Crippen LogP contribution in [0.15, 0.2) is 36.4 Å². The minimum absolute atomic E-state index is 0.0431. The van der Waals surface area contributed by atoms with Crippen LogP contribution in [-0.2, 0) is 9.53 Å². The van der Waals surface area contributed by atoms with Crippen molar-refractivity contribution in [2.75, 3.05) is 19.0 Å². The van der Waals surface area contributed by atoms with E-state index < -0.39 is 11.8 Å². The maximum atomic E-state index is 13.4. The Morgan fingerprint density at radius 1 is 1.16 bits per heavy atom. The number of nitrogens with one attached hydrogen (secondary N) is 1. The lowest BCUT2D eigenvalue weighted by molar-refractivity contribution is -0.116. The Bertz CT molecular complexity index is 789. The van der Waals surface area contributed by atoms with E-state index in [1.54, 1.807) is 24.3 Å². The van der Waals surface area contributed by atoms with Gasteiger partial charge in [-0.3, -0.25) is 4.79 Å². The molecule has 0 aromatic heterocycles. The number of esters is 1. The summed E-state index contributed by atoms with van der Waals surface area (Å²) >= 11 is 0. The van der Waals surface area contributed by atoms with Crippen LogP contribution in [0.5, 0.6) is 5.75 Å². The van der Waals surface area contributed by atoms with E-state index in [2.05, 4.69) is 5.32 Å². The number of hydrogen-bond acceptors (Lipinski definition) is 4. The summed E-state index contributed by atoms with van der Waals surface area (Å²) in [6.45, 7) is 3.70. The molecule has 132 valence electrons. The summed E-state index contributed by atoms with van der Waals surface area (Å²) in [7, 11) is 1.31. The molecule has 0 heterocycles. The van der Waals surface area contributed by atoms with Crippen LogP contribution in [0.1, 0.15) is 27.9 Å². The van der Waals surface area contributed by atoms with E-state index >= 15 is 0 Å². The van der Waals surface area contributed by atoms with Crippen molar-refractivity contribution in [3.05, 3.63) is 58.9 Å². The van der Waals surface area contributed by atoms with Crippen LogP contribution in [0.4, 0.5) is 10.1 Å². The van der Waals surface area contributed by atoms with Crippen molar-refractivity contribution in [2.24, 2.45) is 0 Å². The maximum Gasteiger partial charge on any atom is 0.338 e. The quantitative estimate of drug-likeness (QED) is 0.812. The second-order valence-electron chi connectivity index (χ2n) is 5.53. The number of amides is 1. The van der Waals surface area contributed by atoms with E-state index in [0.29, 0.717) is 11.3 Å². The highest BCUT2D eigenvalue weighted by Crippen LogP contribution is 2.21. The van der Waals surface area contributed by atoms with Crippen molar-refractivity contribution in [3.8, 4) is 5.75 Å². The van der Waals surface area contributed by atoms with E-state index in [9.17, 15) is 14.0 Å². The van der Waals surface area contributed by atoms with Crippen LogP contribution in [0, 0.1) is 19.7 Å². The standard InChI is InChI=1S/C19H20FNO4/c1-12-10-14(11-15(13(12)2)19(23)24-3)21-18(22)8-9-25-17-7-5-4-6-16(17)20/h4-7,10-11H,8-9H2,1-3H3,(H,21,22). The summed E-state index contributed by atoms with van der Waals surface area (Å²) in [5.41, 5.74) is 2.56. The molecule has 0 spiro atoms. The number of benzene rings is 2. The van der Waals surface area contributed by atoms with Gasteiger partial charge in [0.2, 0.25) is 5.91 Å². The Hall–Kier alpha value is -2.89. The number of carbonyl (C=O) groups excluding carboxylic acids is 2. The Kier molecular flexibility index (Phi) is 6.11. The molecule has 0 aliphatic rings. The Morgan fingerprint density at radius 2 is 1.88 bits per heavy atom. The van der Waals surface area contributed by atoms with Crippen LogP contribution in [0.25, 0.3) is 0 Å². The highest BCUT2D eigenvalue weighted by atomic mass is 19.1. The van der Waals surface area contributed by atoms with E-state index in [1.165, 1.54) is 19.2 Å². The lowest BCUT2D eigenvalue weighted by atomic mass is 10.0. The molecule has 0 radical (unpaired) electrons. The molecule has 5 nitrogen and oxygen atoms in total. The van der Waals surface area contributed by atoms with Gasteiger partial charge in [0.15, 0.2) is 11.6 Å². The van der Waals surface area contributed by atoms with Crippen LogP contribution < -0.4 is 10.1 Å². The van der Waals surface area contributed by atoms with E-state index in [-0.39, 0.29) is 24.7 Å². The monoisotopic (exact) mass is 345 g/mol. The summed E-state index contributed by atoms with van der Waals surface area (Å²) in [6, 6.07) is 9.36. The van der Waals surface area contributed by atoms with Crippen LogP contribution in [-0.4, -0.2) is 25.6 Å². The number of rotatable bonds is 6. The van der Waals surface area contributed by atoms with Gasteiger partial charge in [-0.05, 0) is 49.2 Å². The number of hydrogen-bond donors (Lipinski definition) is 1. The van der Waals surface area contributed by atoms with Gasteiger partial charge in [0.05, 0.1) is 25.7 Å². The zero-order valence-electron chi connectivity index (χ0n) is 14.4. The van der Waals surface area contributed by atoms with Crippen molar-refractivity contribution in [1.29, 1.82) is 0 Å². The van der Waals surface area contributed by atoms with Gasteiger partial charge in [-0.15, -0.1) is 0 Å². The predicted octanol–water partition coefficient (Wildman–Crippen LogP) is 3.64. The fraction of sp³-hybridized carbons (Fsp3) is 0.263. The first-order chi connectivity index (χ1) is 11.9. The van der Waals surface area contributed by atoms with Crippen molar-refractivity contribution in [1.82, 2.24) is 0 Å². The minimum atomic E-state index is -0.472. The summed E-state index contributed by atoms with van der Waals surface area (Å²) in [4.78, 5) is 23.8. The Morgan fingerprint density at radius 3 is 2.56 bits per heavy atom. The smallest absolute Gasteiger partial charge is 0.338 e. The van der Waals surface area contributed by atoms with Crippen LogP contribution in [0.3, 0.4) is 0 Å². The van der Waals surface area contributed by atoms with Crippen LogP contribution in [0.2, 0.25) is 0 Å². The number of methoxy groups -OCH3 is 1. The Balaban J connectivity index is 1.97. The Labute approximate surface area is 145 Å². The zero-order chi connectivity index (χ0) is 18.4. The van der Waals surface area contributed by atoms with Gasteiger partial charge in [-0.2, -0.15) is 0 Å². The highest BCUT2D eigenvalue weighted by molar-refractivity contribution is 5.96. The lowest BCUT2D eigenvalue weighted by Crippen LogP contribution is -2.16. The van der Waals surface area contributed by atoms with Crippen LogP contribution >= 0.6 is 0 Å². The first kappa shape index (κ1) is 18.4. The normalized spacial score (nSPS) is 10.2. The largest absolute Gasteiger partial charge is 0.490 e. The summed E-state index contributed by atoms with van der Waals surface area (Å²) < 4.78 is 23.4. The van der Waals surface area contributed by atoms with Gasteiger partial charge in [0.25, 0.3) is 0 Å². The molecule has 0 saturated carbocycles. The summed E-state index contributed by atoms with van der Waals surface area (Å²) in [5, 5.41) is 2.71. The highest BCUT2D eigenvalue weighted by Gasteiger charge is 2.14.